The van der Waals surface area contributed by atoms with Gasteiger partial charge in [-0.1, -0.05) is 6.07 Å². The van der Waals surface area contributed by atoms with Crippen LogP contribution in [-0.4, -0.2) is 19.5 Å². The van der Waals surface area contributed by atoms with Gasteiger partial charge in [0.2, 0.25) is 12.0 Å². The first-order chi connectivity index (χ1) is 8.43. The molecule has 7 heteroatoms. The maximum atomic E-state index is 13.1. The average Bonchev–Trinajstić information content (AvgIpc) is 2.72. The summed E-state index contributed by atoms with van der Waals surface area (Å²) < 4.78 is 56.4. The lowest BCUT2D eigenvalue weighted by atomic mass is 10.2. The summed E-state index contributed by atoms with van der Waals surface area (Å²) in [6, 6.07) is 4.88. The van der Waals surface area contributed by atoms with E-state index in [0.29, 0.717) is 0 Å². The number of hydrogen-bond acceptors (Lipinski definition) is 3. The molecule has 0 saturated carbocycles. The zero-order chi connectivity index (χ0) is 13.3. The maximum Gasteiger partial charge on any atom is 0.427 e. The SMILES string of the molecule is COC1=CNC(C(F)(F)F)N1c1cccc(F)c1. The highest BCUT2D eigenvalue weighted by Gasteiger charge is 2.48. The number of benzene rings is 1. The van der Waals surface area contributed by atoms with E-state index in [9.17, 15) is 17.6 Å². The Labute approximate surface area is 101 Å². The fourth-order valence-corrected chi connectivity index (χ4v) is 1.72. The molecule has 1 atom stereocenters. The summed E-state index contributed by atoms with van der Waals surface area (Å²) in [6.45, 7) is 0. The van der Waals surface area contributed by atoms with Gasteiger partial charge in [0.25, 0.3) is 0 Å². The maximum absolute atomic E-state index is 13.1. The largest absolute Gasteiger partial charge is 0.481 e. The molecule has 0 saturated heterocycles. The number of nitrogens with one attached hydrogen (secondary N) is 1. The fourth-order valence-electron chi connectivity index (χ4n) is 1.72. The van der Waals surface area contributed by atoms with Crippen molar-refractivity contribution in [2.24, 2.45) is 0 Å². The summed E-state index contributed by atoms with van der Waals surface area (Å²) in [6.07, 6.45) is -5.37. The van der Waals surface area contributed by atoms with Gasteiger partial charge in [-0.25, -0.2) is 4.39 Å². The van der Waals surface area contributed by atoms with Gasteiger partial charge in [-0.2, -0.15) is 13.2 Å². The Morgan fingerprint density at radius 2 is 2.06 bits per heavy atom. The monoisotopic (exact) mass is 262 g/mol. The predicted molar refractivity (Wildman–Crippen MR) is 56.9 cm³/mol. The van der Waals surface area contributed by atoms with E-state index < -0.39 is 18.2 Å². The summed E-state index contributed by atoms with van der Waals surface area (Å²) in [5, 5.41) is 2.16. The summed E-state index contributed by atoms with van der Waals surface area (Å²) in [5.74, 6) is -0.640. The topological polar surface area (TPSA) is 24.5 Å². The lowest BCUT2D eigenvalue weighted by Gasteiger charge is -2.29. The highest BCUT2D eigenvalue weighted by atomic mass is 19.4. The minimum absolute atomic E-state index is 0.0251. The highest BCUT2D eigenvalue weighted by Crippen LogP contribution is 2.33. The van der Waals surface area contributed by atoms with Crippen LogP contribution in [0.15, 0.2) is 36.3 Å². The van der Waals surface area contributed by atoms with Crippen LogP contribution in [0.2, 0.25) is 0 Å². The summed E-state index contributed by atoms with van der Waals surface area (Å²) in [5.41, 5.74) is 0.0652. The van der Waals surface area contributed by atoms with Crippen molar-refractivity contribution in [3.8, 4) is 0 Å². The van der Waals surface area contributed by atoms with Crippen molar-refractivity contribution in [1.82, 2.24) is 5.32 Å². The van der Waals surface area contributed by atoms with E-state index in [4.69, 9.17) is 4.74 Å². The number of halogens is 4. The van der Waals surface area contributed by atoms with Gasteiger partial charge < -0.3 is 10.1 Å². The van der Waals surface area contributed by atoms with Crippen LogP contribution in [0.3, 0.4) is 0 Å². The minimum atomic E-state index is -4.51. The Bertz CT molecular complexity index is 472. The Morgan fingerprint density at radius 3 is 2.61 bits per heavy atom. The molecule has 18 heavy (non-hydrogen) atoms. The summed E-state index contributed by atoms with van der Waals surface area (Å²) >= 11 is 0. The van der Waals surface area contributed by atoms with E-state index in [1.54, 1.807) is 0 Å². The lowest BCUT2D eigenvalue weighted by Crippen LogP contribution is -2.48. The molecule has 0 aliphatic carbocycles. The van der Waals surface area contributed by atoms with Crippen LogP contribution >= 0.6 is 0 Å². The van der Waals surface area contributed by atoms with Crippen molar-refractivity contribution in [2.75, 3.05) is 12.0 Å². The first-order valence-electron chi connectivity index (χ1n) is 5.05. The third kappa shape index (κ3) is 2.20. The van der Waals surface area contributed by atoms with Gasteiger partial charge in [-0.3, -0.25) is 4.90 Å². The summed E-state index contributed by atoms with van der Waals surface area (Å²) in [7, 11) is 1.25. The molecule has 0 spiro atoms. The molecule has 1 aliphatic heterocycles. The van der Waals surface area contributed by atoms with Crippen molar-refractivity contribution in [3.63, 3.8) is 0 Å². The third-order valence-corrected chi connectivity index (χ3v) is 2.47. The third-order valence-electron chi connectivity index (χ3n) is 2.47. The number of nitrogens with zero attached hydrogens (tertiary/aromatic N) is 1. The van der Waals surface area contributed by atoms with Crippen LogP contribution in [0.4, 0.5) is 23.2 Å². The molecule has 0 aromatic heterocycles. The van der Waals surface area contributed by atoms with E-state index in [-0.39, 0.29) is 11.6 Å². The van der Waals surface area contributed by atoms with Gasteiger partial charge in [-0.05, 0) is 18.2 Å². The number of rotatable bonds is 2. The number of ether oxygens (including phenoxy) is 1. The Hall–Kier alpha value is -1.92. The van der Waals surface area contributed by atoms with E-state index in [2.05, 4.69) is 5.32 Å². The molecule has 2 rings (SSSR count). The molecular weight excluding hydrogens is 252 g/mol. The second-order valence-corrected chi connectivity index (χ2v) is 3.65. The predicted octanol–water partition coefficient (Wildman–Crippen LogP) is 2.57. The van der Waals surface area contributed by atoms with Crippen LogP contribution in [-0.2, 0) is 4.74 Å². The van der Waals surface area contributed by atoms with Gasteiger partial charge in [0.05, 0.1) is 13.3 Å². The molecule has 1 heterocycles. The molecule has 1 unspecified atom stereocenters. The lowest BCUT2D eigenvalue weighted by molar-refractivity contribution is -0.151. The number of methoxy groups -OCH3 is 1. The standard InChI is InChI=1S/C11H10F4N2O/c1-18-9-6-16-10(11(13,14)15)17(9)8-4-2-3-7(12)5-8/h2-6,10,16H,1H3. The first-order valence-corrected chi connectivity index (χ1v) is 5.05. The second-order valence-electron chi connectivity index (χ2n) is 3.65. The summed E-state index contributed by atoms with van der Waals surface area (Å²) in [4.78, 5) is 0.850. The van der Waals surface area contributed by atoms with E-state index >= 15 is 0 Å². The molecule has 98 valence electrons. The van der Waals surface area contributed by atoms with Crippen LogP contribution in [0.1, 0.15) is 0 Å². The van der Waals surface area contributed by atoms with Gasteiger partial charge in [0.1, 0.15) is 5.82 Å². The van der Waals surface area contributed by atoms with Crippen molar-refractivity contribution in [2.45, 2.75) is 12.3 Å². The molecular formula is C11H10F4N2O. The zero-order valence-electron chi connectivity index (χ0n) is 9.33. The molecule has 3 nitrogen and oxygen atoms in total. The van der Waals surface area contributed by atoms with Gasteiger partial charge in [-0.15, -0.1) is 0 Å². The molecule has 0 bridgehead atoms. The normalized spacial score (nSPS) is 19.5. The van der Waals surface area contributed by atoms with E-state index in [1.165, 1.54) is 19.2 Å². The number of anilines is 1. The Morgan fingerprint density at radius 1 is 1.33 bits per heavy atom. The minimum Gasteiger partial charge on any atom is -0.481 e. The van der Waals surface area contributed by atoms with Crippen molar-refractivity contribution in [1.29, 1.82) is 0 Å². The van der Waals surface area contributed by atoms with E-state index in [1.807, 2.05) is 0 Å². The molecule has 0 radical (unpaired) electrons. The smallest absolute Gasteiger partial charge is 0.427 e. The molecule has 0 fully saturated rings. The van der Waals surface area contributed by atoms with Gasteiger partial charge >= 0.3 is 6.18 Å². The van der Waals surface area contributed by atoms with Crippen molar-refractivity contribution in [3.05, 3.63) is 42.2 Å². The first kappa shape index (κ1) is 12.5. The van der Waals surface area contributed by atoms with Crippen LogP contribution in [0.5, 0.6) is 0 Å². The van der Waals surface area contributed by atoms with E-state index in [0.717, 1.165) is 23.2 Å². The zero-order valence-corrected chi connectivity index (χ0v) is 9.33. The highest BCUT2D eigenvalue weighted by molar-refractivity contribution is 5.54. The number of alkyl halides is 3. The van der Waals surface area contributed by atoms with Crippen LogP contribution in [0.25, 0.3) is 0 Å². The van der Waals surface area contributed by atoms with Crippen LogP contribution < -0.4 is 10.2 Å². The van der Waals surface area contributed by atoms with Crippen molar-refractivity contribution < 1.29 is 22.3 Å². The quantitative estimate of drug-likeness (QED) is 0.829. The Kier molecular flexibility index (Phi) is 3.06. The van der Waals surface area contributed by atoms with Gasteiger partial charge in [0.15, 0.2) is 0 Å². The molecule has 1 N–H and O–H groups in total. The Balaban J connectivity index is 2.39. The second kappa shape index (κ2) is 4.40. The molecule has 1 aromatic carbocycles. The van der Waals surface area contributed by atoms with Crippen molar-refractivity contribution >= 4 is 5.69 Å². The van der Waals surface area contributed by atoms with Crippen LogP contribution in [0, 0.1) is 5.82 Å². The molecule has 0 amide bonds. The molecule has 1 aromatic rings. The molecule has 1 aliphatic rings. The number of hydrogen-bond donors (Lipinski definition) is 1. The average molecular weight is 262 g/mol. The van der Waals surface area contributed by atoms with Gasteiger partial charge in [0, 0.05) is 5.69 Å². The fraction of sp³-hybridized carbons (Fsp3) is 0.273.